The average Bonchev–Trinajstić information content (AvgIpc) is 2.99. The second-order valence-electron chi connectivity index (χ2n) is 5.97. The third-order valence-electron chi connectivity index (χ3n) is 4.27. The summed E-state index contributed by atoms with van der Waals surface area (Å²) in [6.45, 7) is 0. The van der Waals surface area contributed by atoms with Gasteiger partial charge in [0.2, 0.25) is 5.91 Å². The lowest BCUT2D eigenvalue weighted by Crippen LogP contribution is -2.15. The Balaban J connectivity index is 1.81. The zero-order valence-corrected chi connectivity index (χ0v) is 15.5. The lowest BCUT2D eigenvalue weighted by molar-refractivity contribution is -0.113. The third kappa shape index (κ3) is 3.31. The van der Waals surface area contributed by atoms with Crippen molar-refractivity contribution in [1.82, 2.24) is 9.78 Å². The topological polar surface area (TPSA) is 84.2 Å². The molecule has 0 aliphatic carbocycles. The number of benzene rings is 2. The molecule has 0 saturated carbocycles. The number of halogens is 1. The van der Waals surface area contributed by atoms with Gasteiger partial charge in [0.25, 0.3) is 0 Å². The first-order chi connectivity index (χ1) is 13.0. The summed E-state index contributed by atoms with van der Waals surface area (Å²) in [4.78, 5) is 23.3. The highest BCUT2D eigenvalue weighted by atomic mass is 35.5. The Labute approximate surface area is 164 Å². The number of carbonyl (C=O) groups is 2. The van der Waals surface area contributed by atoms with Crippen molar-refractivity contribution < 1.29 is 14.7 Å². The van der Waals surface area contributed by atoms with Crippen LogP contribution in [0.1, 0.15) is 26.7 Å². The SMILES string of the molecule is O=C1CSC(c2ccccc2Cl)c2cnn(-c3ccc(C(=O)O)cc3)c2N1. The third-order valence-corrected chi connectivity index (χ3v) is 5.88. The molecule has 2 N–H and O–H groups in total. The van der Waals surface area contributed by atoms with Crippen molar-refractivity contribution >= 4 is 41.1 Å². The highest BCUT2D eigenvalue weighted by Crippen LogP contribution is 2.44. The van der Waals surface area contributed by atoms with E-state index in [-0.39, 0.29) is 16.7 Å². The summed E-state index contributed by atoms with van der Waals surface area (Å²) >= 11 is 7.87. The lowest BCUT2D eigenvalue weighted by atomic mass is 10.1. The molecule has 0 bridgehead atoms. The van der Waals surface area contributed by atoms with Crippen LogP contribution in [0.3, 0.4) is 0 Å². The molecule has 2 heterocycles. The van der Waals surface area contributed by atoms with Gasteiger partial charge in [0.05, 0.1) is 28.5 Å². The van der Waals surface area contributed by atoms with Crippen LogP contribution in [0, 0.1) is 0 Å². The number of carboxylic acids is 1. The second-order valence-corrected chi connectivity index (χ2v) is 7.47. The van der Waals surface area contributed by atoms with E-state index in [0.717, 1.165) is 11.1 Å². The summed E-state index contributed by atoms with van der Waals surface area (Å²) in [5, 5.41) is 16.9. The van der Waals surface area contributed by atoms with E-state index in [4.69, 9.17) is 16.7 Å². The number of hydrogen-bond donors (Lipinski definition) is 2. The maximum atomic E-state index is 12.2. The number of hydrogen-bond acceptors (Lipinski definition) is 4. The fourth-order valence-corrected chi connectivity index (χ4v) is 4.42. The summed E-state index contributed by atoms with van der Waals surface area (Å²) < 4.78 is 1.61. The number of rotatable bonds is 3. The highest BCUT2D eigenvalue weighted by molar-refractivity contribution is 8.00. The van der Waals surface area contributed by atoms with E-state index in [9.17, 15) is 9.59 Å². The van der Waals surface area contributed by atoms with Gasteiger partial charge in [-0.1, -0.05) is 29.8 Å². The first-order valence-corrected chi connectivity index (χ1v) is 9.55. The molecule has 27 heavy (non-hydrogen) atoms. The number of aromatic nitrogens is 2. The molecular weight excluding hydrogens is 386 g/mol. The van der Waals surface area contributed by atoms with Crippen molar-refractivity contribution in [2.45, 2.75) is 5.25 Å². The number of anilines is 1. The number of nitrogens with zero attached hydrogens (tertiary/aromatic N) is 2. The van der Waals surface area contributed by atoms with Crippen LogP contribution < -0.4 is 5.32 Å². The minimum atomic E-state index is -0.996. The predicted octanol–water partition coefficient (Wildman–Crippen LogP) is 4.00. The van der Waals surface area contributed by atoms with E-state index in [2.05, 4.69) is 10.4 Å². The zero-order chi connectivity index (χ0) is 19.0. The largest absolute Gasteiger partial charge is 0.478 e. The fourth-order valence-electron chi connectivity index (χ4n) is 2.98. The van der Waals surface area contributed by atoms with Crippen LogP contribution in [0.2, 0.25) is 5.02 Å². The van der Waals surface area contributed by atoms with Crippen LogP contribution in [0.25, 0.3) is 5.69 Å². The Kier molecular flexibility index (Phi) is 4.63. The van der Waals surface area contributed by atoms with Gasteiger partial charge < -0.3 is 10.4 Å². The molecule has 0 spiro atoms. The van der Waals surface area contributed by atoms with Crippen LogP contribution in [0.5, 0.6) is 0 Å². The van der Waals surface area contributed by atoms with Crippen LogP contribution in [0.15, 0.2) is 54.7 Å². The maximum absolute atomic E-state index is 12.2. The second kappa shape index (κ2) is 7.09. The van der Waals surface area contributed by atoms with Crippen LogP contribution in [0.4, 0.5) is 5.82 Å². The number of amides is 1. The lowest BCUT2D eigenvalue weighted by Gasteiger charge is -2.15. The van der Waals surface area contributed by atoms with Gasteiger partial charge in [-0.25, -0.2) is 9.48 Å². The van der Waals surface area contributed by atoms with Crippen molar-refractivity contribution in [1.29, 1.82) is 0 Å². The van der Waals surface area contributed by atoms with E-state index in [1.807, 2.05) is 24.3 Å². The molecule has 3 aromatic rings. The Bertz CT molecular complexity index is 1030. The number of thioether (sulfide) groups is 1. The molecule has 1 amide bonds. The van der Waals surface area contributed by atoms with Gasteiger partial charge in [0, 0.05) is 10.6 Å². The van der Waals surface area contributed by atoms with Crippen LogP contribution in [-0.4, -0.2) is 32.5 Å². The van der Waals surface area contributed by atoms with Crippen molar-refractivity contribution in [2.75, 3.05) is 11.1 Å². The molecule has 2 aromatic carbocycles. The summed E-state index contributed by atoms with van der Waals surface area (Å²) in [6.07, 6.45) is 1.72. The Morgan fingerprint density at radius 3 is 2.63 bits per heavy atom. The van der Waals surface area contributed by atoms with E-state index in [1.54, 1.807) is 23.0 Å². The summed E-state index contributed by atoms with van der Waals surface area (Å²) in [5.74, 6) is -0.260. The molecule has 1 aliphatic heterocycles. The van der Waals surface area contributed by atoms with E-state index < -0.39 is 5.97 Å². The first-order valence-electron chi connectivity index (χ1n) is 8.12. The number of nitrogens with one attached hydrogen (secondary N) is 1. The molecule has 0 saturated heterocycles. The molecule has 1 atom stereocenters. The average molecular weight is 400 g/mol. The monoisotopic (exact) mass is 399 g/mol. The number of carboxylic acid groups (broad SMARTS) is 1. The maximum Gasteiger partial charge on any atom is 0.335 e. The van der Waals surface area contributed by atoms with Crippen molar-refractivity contribution in [3.05, 3.63) is 76.4 Å². The smallest absolute Gasteiger partial charge is 0.335 e. The summed E-state index contributed by atoms with van der Waals surface area (Å²) in [7, 11) is 0. The summed E-state index contributed by atoms with van der Waals surface area (Å²) in [5.41, 5.74) is 2.61. The van der Waals surface area contributed by atoms with Gasteiger partial charge >= 0.3 is 5.97 Å². The van der Waals surface area contributed by atoms with Gasteiger partial charge in [0.15, 0.2) is 0 Å². The molecule has 4 rings (SSSR count). The van der Waals surface area contributed by atoms with E-state index in [1.165, 1.54) is 23.9 Å². The molecular formula is C19H14ClN3O3S. The van der Waals surface area contributed by atoms with Crippen molar-refractivity contribution in [3.8, 4) is 5.69 Å². The Morgan fingerprint density at radius 2 is 1.93 bits per heavy atom. The molecule has 0 radical (unpaired) electrons. The first kappa shape index (κ1) is 17.6. The fraction of sp³-hybridized carbons (Fsp3) is 0.105. The standard InChI is InChI=1S/C19H14ClN3O3S/c20-15-4-2-1-3-13(15)17-14-9-21-23(18(14)22-16(24)10-27-17)12-7-5-11(6-8-12)19(25)26/h1-9,17H,10H2,(H,22,24)(H,25,26). The van der Waals surface area contributed by atoms with Gasteiger partial charge in [-0.05, 0) is 35.9 Å². The Hall–Kier alpha value is -2.77. The normalized spacial score (nSPS) is 16.3. The number of fused-ring (bicyclic) bond motifs is 1. The molecule has 0 fully saturated rings. The quantitative estimate of drug-likeness (QED) is 0.695. The van der Waals surface area contributed by atoms with E-state index in [0.29, 0.717) is 22.3 Å². The van der Waals surface area contributed by atoms with Gasteiger partial charge in [-0.15, -0.1) is 11.8 Å². The zero-order valence-electron chi connectivity index (χ0n) is 13.9. The van der Waals surface area contributed by atoms with Crippen molar-refractivity contribution in [3.63, 3.8) is 0 Å². The van der Waals surface area contributed by atoms with Gasteiger partial charge in [-0.2, -0.15) is 5.10 Å². The molecule has 8 heteroatoms. The van der Waals surface area contributed by atoms with Gasteiger partial charge in [0.1, 0.15) is 5.82 Å². The minimum Gasteiger partial charge on any atom is -0.478 e. The molecule has 1 aliphatic rings. The number of aromatic carboxylic acids is 1. The van der Waals surface area contributed by atoms with Crippen molar-refractivity contribution in [2.24, 2.45) is 0 Å². The van der Waals surface area contributed by atoms with Crippen LogP contribution in [-0.2, 0) is 4.79 Å². The predicted molar refractivity (Wildman–Crippen MR) is 105 cm³/mol. The minimum absolute atomic E-state index is 0.125. The summed E-state index contributed by atoms with van der Waals surface area (Å²) in [6, 6.07) is 13.9. The molecule has 136 valence electrons. The molecule has 1 aromatic heterocycles. The molecule has 1 unspecified atom stereocenters. The van der Waals surface area contributed by atoms with E-state index >= 15 is 0 Å². The number of carbonyl (C=O) groups excluding carboxylic acids is 1. The van der Waals surface area contributed by atoms with Crippen LogP contribution >= 0.6 is 23.4 Å². The Morgan fingerprint density at radius 1 is 1.19 bits per heavy atom. The highest BCUT2D eigenvalue weighted by Gasteiger charge is 2.29. The van der Waals surface area contributed by atoms with Gasteiger partial charge in [-0.3, -0.25) is 4.79 Å². The molecule has 6 nitrogen and oxygen atoms in total.